The maximum atomic E-state index is 5.78. The Morgan fingerprint density at radius 3 is 3.06 bits per heavy atom. The van der Waals surface area contributed by atoms with Crippen molar-refractivity contribution >= 4 is 5.69 Å². The number of benzene rings is 1. The standard InChI is InChI=1S/C13H18N2O2/c1-2-15-7-8-16-11(9-15)10-17-13-6-4-3-5-12(13)14/h3-6,10H,2,7-9,14H2,1H3. The Kier molecular flexibility index (Phi) is 3.88. The molecule has 92 valence electrons. The molecule has 0 atom stereocenters. The topological polar surface area (TPSA) is 47.7 Å². The van der Waals surface area contributed by atoms with Crippen molar-refractivity contribution in [1.82, 2.24) is 4.90 Å². The van der Waals surface area contributed by atoms with Crippen LogP contribution in [0.15, 0.2) is 36.3 Å². The summed E-state index contributed by atoms with van der Waals surface area (Å²) in [6, 6.07) is 7.43. The SMILES string of the molecule is CCN1CCOC(=COc2ccccc2N)C1. The maximum Gasteiger partial charge on any atom is 0.149 e. The third-order valence-electron chi connectivity index (χ3n) is 2.76. The lowest BCUT2D eigenvalue weighted by Crippen LogP contribution is -2.34. The quantitative estimate of drug-likeness (QED) is 0.640. The summed E-state index contributed by atoms with van der Waals surface area (Å²) >= 11 is 0. The molecule has 1 fully saturated rings. The lowest BCUT2D eigenvalue weighted by molar-refractivity contribution is 0.0919. The van der Waals surface area contributed by atoms with Gasteiger partial charge in [0.05, 0.1) is 12.2 Å². The normalized spacial score (nSPS) is 19.0. The molecule has 1 aromatic rings. The summed E-state index contributed by atoms with van der Waals surface area (Å²) in [4.78, 5) is 2.30. The Morgan fingerprint density at radius 2 is 2.29 bits per heavy atom. The summed E-state index contributed by atoms with van der Waals surface area (Å²) in [5, 5.41) is 0. The molecule has 0 amide bonds. The average Bonchev–Trinajstić information content (AvgIpc) is 2.38. The third-order valence-corrected chi connectivity index (χ3v) is 2.76. The number of ether oxygens (including phenoxy) is 2. The highest BCUT2D eigenvalue weighted by Gasteiger charge is 2.13. The van der Waals surface area contributed by atoms with Crippen molar-refractivity contribution in [3.8, 4) is 5.75 Å². The number of morpholine rings is 1. The van der Waals surface area contributed by atoms with Crippen LogP contribution in [0, 0.1) is 0 Å². The molecule has 0 spiro atoms. The van der Waals surface area contributed by atoms with E-state index in [9.17, 15) is 0 Å². The van der Waals surface area contributed by atoms with E-state index < -0.39 is 0 Å². The molecular weight excluding hydrogens is 216 g/mol. The van der Waals surface area contributed by atoms with Crippen LogP contribution in [0.2, 0.25) is 0 Å². The molecule has 1 aliphatic rings. The van der Waals surface area contributed by atoms with Crippen LogP contribution in [0.5, 0.6) is 5.75 Å². The second kappa shape index (κ2) is 5.59. The second-order valence-electron chi connectivity index (χ2n) is 3.96. The molecule has 0 unspecified atom stereocenters. The molecular formula is C13H18N2O2. The number of nitrogen functional groups attached to an aromatic ring is 1. The average molecular weight is 234 g/mol. The maximum absolute atomic E-state index is 5.78. The Balaban J connectivity index is 1.98. The summed E-state index contributed by atoms with van der Waals surface area (Å²) in [5.41, 5.74) is 6.42. The van der Waals surface area contributed by atoms with Crippen molar-refractivity contribution < 1.29 is 9.47 Å². The molecule has 0 bridgehead atoms. The molecule has 17 heavy (non-hydrogen) atoms. The number of nitrogens with zero attached hydrogens (tertiary/aromatic N) is 1. The Hall–Kier alpha value is -1.68. The van der Waals surface area contributed by atoms with Gasteiger partial charge in [-0.3, -0.25) is 4.90 Å². The number of rotatable bonds is 3. The fraction of sp³-hybridized carbons (Fsp3) is 0.385. The van der Waals surface area contributed by atoms with E-state index in [1.54, 1.807) is 6.26 Å². The van der Waals surface area contributed by atoms with Gasteiger partial charge in [-0.25, -0.2) is 0 Å². The first-order valence-corrected chi connectivity index (χ1v) is 5.85. The van der Waals surface area contributed by atoms with Crippen LogP contribution in [0.4, 0.5) is 5.69 Å². The summed E-state index contributed by atoms with van der Waals surface area (Å²) in [5.74, 6) is 1.51. The summed E-state index contributed by atoms with van der Waals surface area (Å²) in [7, 11) is 0. The van der Waals surface area contributed by atoms with Crippen molar-refractivity contribution in [3.63, 3.8) is 0 Å². The lowest BCUT2D eigenvalue weighted by Gasteiger charge is -2.27. The number of nitrogens with two attached hydrogens (primary N) is 1. The van der Waals surface area contributed by atoms with E-state index in [0.29, 0.717) is 18.0 Å². The van der Waals surface area contributed by atoms with Gasteiger partial charge in [-0.2, -0.15) is 0 Å². The number of likely N-dealkylation sites (N-methyl/N-ethyl adjacent to an activating group) is 1. The first kappa shape index (κ1) is 11.8. The zero-order valence-electron chi connectivity index (χ0n) is 10.1. The van der Waals surface area contributed by atoms with Crippen LogP contribution in [0.25, 0.3) is 0 Å². The van der Waals surface area contributed by atoms with E-state index in [4.69, 9.17) is 15.2 Å². The van der Waals surface area contributed by atoms with Crippen LogP contribution >= 0.6 is 0 Å². The van der Waals surface area contributed by atoms with Gasteiger partial charge in [-0.05, 0) is 18.7 Å². The monoisotopic (exact) mass is 234 g/mol. The highest BCUT2D eigenvalue weighted by Crippen LogP contribution is 2.20. The molecule has 2 rings (SSSR count). The number of para-hydroxylation sites is 2. The van der Waals surface area contributed by atoms with Gasteiger partial charge in [0.25, 0.3) is 0 Å². The van der Waals surface area contributed by atoms with E-state index in [0.717, 1.165) is 25.4 Å². The van der Waals surface area contributed by atoms with Crippen molar-refractivity contribution in [2.24, 2.45) is 0 Å². The summed E-state index contributed by atoms with van der Waals surface area (Å²) in [6.45, 7) is 5.64. The number of hydrogen-bond acceptors (Lipinski definition) is 4. The molecule has 0 aliphatic carbocycles. The van der Waals surface area contributed by atoms with Crippen molar-refractivity contribution in [3.05, 3.63) is 36.3 Å². The number of anilines is 1. The highest BCUT2D eigenvalue weighted by atomic mass is 16.5. The van der Waals surface area contributed by atoms with Crippen LogP contribution in [0.1, 0.15) is 6.92 Å². The van der Waals surface area contributed by atoms with Crippen LogP contribution in [0.3, 0.4) is 0 Å². The Labute approximate surface area is 102 Å². The molecule has 1 saturated heterocycles. The lowest BCUT2D eigenvalue weighted by atomic mass is 10.3. The van der Waals surface area contributed by atoms with E-state index >= 15 is 0 Å². The zero-order valence-corrected chi connectivity index (χ0v) is 10.1. The molecule has 0 radical (unpaired) electrons. The Bertz CT molecular complexity index is 404. The second-order valence-corrected chi connectivity index (χ2v) is 3.96. The van der Waals surface area contributed by atoms with Gasteiger partial charge >= 0.3 is 0 Å². The molecule has 4 heteroatoms. The first-order chi connectivity index (χ1) is 8.29. The van der Waals surface area contributed by atoms with Gasteiger partial charge in [0.2, 0.25) is 0 Å². The molecule has 4 nitrogen and oxygen atoms in total. The number of hydrogen-bond donors (Lipinski definition) is 1. The Morgan fingerprint density at radius 1 is 1.47 bits per heavy atom. The molecule has 1 aromatic carbocycles. The van der Waals surface area contributed by atoms with E-state index in [1.807, 2.05) is 24.3 Å². The largest absolute Gasteiger partial charge is 0.492 e. The molecule has 0 aromatic heterocycles. The van der Waals surface area contributed by atoms with Gasteiger partial charge in [0.15, 0.2) is 0 Å². The van der Waals surface area contributed by atoms with E-state index in [-0.39, 0.29) is 0 Å². The van der Waals surface area contributed by atoms with Gasteiger partial charge in [0.1, 0.15) is 24.4 Å². The molecule has 1 aliphatic heterocycles. The van der Waals surface area contributed by atoms with Gasteiger partial charge in [-0.1, -0.05) is 19.1 Å². The smallest absolute Gasteiger partial charge is 0.149 e. The third kappa shape index (κ3) is 3.14. The minimum atomic E-state index is 0.632. The summed E-state index contributed by atoms with van der Waals surface area (Å²) < 4.78 is 11.1. The fourth-order valence-electron chi connectivity index (χ4n) is 1.71. The fourth-order valence-corrected chi connectivity index (χ4v) is 1.71. The highest BCUT2D eigenvalue weighted by molar-refractivity contribution is 5.52. The molecule has 2 N–H and O–H groups in total. The predicted molar refractivity (Wildman–Crippen MR) is 67.6 cm³/mol. The van der Waals surface area contributed by atoms with E-state index in [1.165, 1.54) is 0 Å². The first-order valence-electron chi connectivity index (χ1n) is 5.85. The minimum Gasteiger partial charge on any atom is -0.492 e. The van der Waals surface area contributed by atoms with Crippen molar-refractivity contribution in [2.45, 2.75) is 6.92 Å². The summed E-state index contributed by atoms with van der Waals surface area (Å²) in [6.07, 6.45) is 1.65. The van der Waals surface area contributed by atoms with Crippen molar-refractivity contribution in [2.75, 3.05) is 32.0 Å². The molecule has 0 saturated carbocycles. The van der Waals surface area contributed by atoms with Gasteiger partial charge < -0.3 is 15.2 Å². The zero-order chi connectivity index (χ0) is 12.1. The van der Waals surface area contributed by atoms with Crippen LogP contribution in [-0.2, 0) is 4.74 Å². The van der Waals surface area contributed by atoms with Gasteiger partial charge in [0, 0.05) is 6.54 Å². The molecule has 1 heterocycles. The van der Waals surface area contributed by atoms with Crippen molar-refractivity contribution in [1.29, 1.82) is 0 Å². The predicted octanol–water partition coefficient (Wildman–Crippen LogP) is 1.84. The van der Waals surface area contributed by atoms with Crippen LogP contribution in [-0.4, -0.2) is 31.1 Å². The van der Waals surface area contributed by atoms with E-state index in [2.05, 4.69) is 11.8 Å². The minimum absolute atomic E-state index is 0.632. The van der Waals surface area contributed by atoms with Crippen LogP contribution < -0.4 is 10.5 Å². The van der Waals surface area contributed by atoms with Gasteiger partial charge in [-0.15, -0.1) is 0 Å².